The lowest BCUT2D eigenvalue weighted by Gasteiger charge is -2.19. The first-order valence-electron chi connectivity index (χ1n) is 7.45. The van der Waals surface area contributed by atoms with Crippen molar-refractivity contribution in [2.45, 2.75) is 32.4 Å². The maximum Gasteiger partial charge on any atom is 0.127 e. The molecule has 0 spiro atoms. The number of hydrogen-bond donors (Lipinski definition) is 1. The highest BCUT2D eigenvalue weighted by atomic mass is 19.1. The smallest absolute Gasteiger partial charge is 0.127 e. The molecule has 1 aliphatic rings. The van der Waals surface area contributed by atoms with Gasteiger partial charge in [0.15, 0.2) is 0 Å². The molecule has 1 N–H and O–H groups in total. The number of para-hydroxylation sites is 1. The maximum absolute atomic E-state index is 13.7. The van der Waals surface area contributed by atoms with Crippen molar-refractivity contribution in [3.8, 4) is 5.75 Å². The van der Waals surface area contributed by atoms with Crippen molar-refractivity contribution in [2.75, 3.05) is 6.61 Å². The summed E-state index contributed by atoms with van der Waals surface area (Å²) in [4.78, 5) is 0. The minimum atomic E-state index is -0.153. The molecule has 0 saturated heterocycles. The number of rotatable bonds is 3. The van der Waals surface area contributed by atoms with Crippen LogP contribution < -0.4 is 10.1 Å². The van der Waals surface area contributed by atoms with Crippen LogP contribution in [0, 0.1) is 12.7 Å². The summed E-state index contributed by atoms with van der Waals surface area (Å²) in [6.45, 7) is 3.35. The summed E-state index contributed by atoms with van der Waals surface area (Å²) in [6.07, 6.45) is 2.01. The number of ether oxygens (including phenoxy) is 1. The highest BCUT2D eigenvalue weighted by Gasteiger charge is 2.20. The second-order valence-corrected chi connectivity index (χ2v) is 5.51. The van der Waals surface area contributed by atoms with Crippen LogP contribution in [-0.2, 0) is 6.54 Å². The Balaban J connectivity index is 1.80. The molecule has 21 heavy (non-hydrogen) atoms. The molecular weight excluding hydrogens is 265 g/mol. The van der Waals surface area contributed by atoms with E-state index in [9.17, 15) is 4.39 Å². The van der Waals surface area contributed by atoms with Crippen LogP contribution in [-0.4, -0.2) is 6.61 Å². The predicted octanol–water partition coefficient (Wildman–Crippen LogP) is 4.14. The van der Waals surface area contributed by atoms with Crippen molar-refractivity contribution in [1.82, 2.24) is 5.32 Å². The molecule has 0 bridgehead atoms. The van der Waals surface area contributed by atoms with Crippen molar-refractivity contribution in [2.24, 2.45) is 0 Å². The molecule has 0 saturated carbocycles. The third-order valence-corrected chi connectivity index (χ3v) is 4.00. The van der Waals surface area contributed by atoms with Crippen molar-refractivity contribution in [1.29, 1.82) is 0 Å². The van der Waals surface area contributed by atoms with Gasteiger partial charge in [-0.25, -0.2) is 4.39 Å². The van der Waals surface area contributed by atoms with Gasteiger partial charge in [0.25, 0.3) is 0 Å². The summed E-state index contributed by atoms with van der Waals surface area (Å²) < 4.78 is 19.6. The van der Waals surface area contributed by atoms with E-state index in [0.717, 1.165) is 30.8 Å². The Kier molecular flexibility index (Phi) is 4.20. The summed E-state index contributed by atoms with van der Waals surface area (Å²) in [6, 6.07) is 13.4. The van der Waals surface area contributed by atoms with E-state index in [-0.39, 0.29) is 11.9 Å². The number of benzene rings is 2. The Hall–Kier alpha value is -1.87. The van der Waals surface area contributed by atoms with Gasteiger partial charge >= 0.3 is 0 Å². The number of aryl methyl sites for hydroxylation is 1. The van der Waals surface area contributed by atoms with Gasteiger partial charge in [0, 0.05) is 23.7 Å². The second-order valence-electron chi connectivity index (χ2n) is 5.51. The zero-order chi connectivity index (χ0) is 14.7. The van der Waals surface area contributed by atoms with E-state index in [0.29, 0.717) is 12.1 Å². The van der Waals surface area contributed by atoms with Gasteiger partial charge in [-0.2, -0.15) is 0 Å². The van der Waals surface area contributed by atoms with Crippen LogP contribution >= 0.6 is 0 Å². The molecule has 3 rings (SSSR count). The van der Waals surface area contributed by atoms with Gasteiger partial charge in [-0.3, -0.25) is 0 Å². The number of hydrogen-bond acceptors (Lipinski definition) is 2. The summed E-state index contributed by atoms with van der Waals surface area (Å²) in [7, 11) is 0. The van der Waals surface area contributed by atoms with Gasteiger partial charge in [0.05, 0.1) is 6.61 Å². The number of nitrogens with one attached hydrogen (secondary N) is 1. The highest BCUT2D eigenvalue weighted by Crippen LogP contribution is 2.34. The van der Waals surface area contributed by atoms with Crippen molar-refractivity contribution in [3.63, 3.8) is 0 Å². The molecule has 0 radical (unpaired) electrons. The summed E-state index contributed by atoms with van der Waals surface area (Å²) >= 11 is 0. The largest absolute Gasteiger partial charge is 0.493 e. The number of fused-ring (bicyclic) bond motifs is 1. The van der Waals surface area contributed by atoms with E-state index in [1.165, 1.54) is 11.6 Å². The van der Waals surface area contributed by atoms with E-state index in [2.05, 4.69) is 30.4 Å². The normalized spacial score (nSPS) is 17.7. The lowest BCUT2D eigenvalue weighted by Crippen LogP contribution is -2.21. The fraction of sp³-hybridized carbons (Fsp3) is 0.333. The SMILES string of the molecule is Cc1cccc2c1OCCCC2NCc1ccccc1F. The standard InChI is InChI=1S/C18H20FNO/c1-13-6-4-8-15-17(10-5-11-21-18(13)15)20-12-14-7-2-3-9-16(14)19/h2-4,6-9,17,20H,5,10-12H2,1H3. The minimum Gasteiger partial charge on any atom is -0.493 e. The fourth-order valence-corrected chi connectivity index (χ4v) is 2.85. The van der Waals surface area contributed by atoms with Crippen LogP contribution in [0.1, 0.15) is 35.6 Å². The summed E-state index contributed by atoms with van der Waals surface area (Å²) in [5.41, 5.74) is 3.05. The molecule has 1 aliphatic heterocycles. The second kappa shape index (κ2) is 6.27. The molecule has 2 nitrogen and oxygen atoms in total. The Bertz CT molecular complexity index is 626. The molecule has 110 valence electrons. The van der Waals surface area contributed by atoms with Crippen molar-refractivity contribution >= 4 is 0 Å². The van der Waals surface area contributed by atoms with E-state index in [1.54, 1.807) is 6.07 Å². The molecule has 0 amide bonds. The van der Waals surface area contributed by atoms with Crippen LogP contribution in [0.25, 0.3) is 0 Å². The average molecular weight is 285 g/mol. The first kappa shape index (κ1) is 14.1. The van der Waals surface area contributed by atoms with Crippen LogP contribution in [0.5, 0.6) is 5.75 Å². The third-order valence-electron chi connectivity index (χ3n) is 4.00. The molecule has 1 atom stereocenters. The monoisotopic (exact) mass is 285 g/mol. The molecule has 1 unspecified atom stereocenters. The first-order chi connectivity index (χ1) is 10.3. The van der Waals surface area contributed by atoms with E-state index >= 15 is 0 Å². The molecule has 2 aromatic carbocycles. The Morgan fingerprint density at radius 3 is 2.90 bits per heavy atom. The Labute approximate surface area is 125 Å². The third kappa shape index (κ3) is 3.08. The highest BCUT2D eigenvalue weighted by molar-refractivity contribution is 5.43. The Morgan fingerprint density at radius 2 is 2.05 bits per heavy atom. The molecular formula is C18H20FNO. The predicted molar refractivity (Wildman–Crippen MR) is 81.9 cm³/mol. The van der Waals surface area contributed by atoms with Crippen LogP contribution in [0.4, 0.5) is 4.39 Å². The maximum atomic E-state index is 13.7. The summed E-state index contributed by atoms with van der Waals surface area (Å²) in [5, 5.41) is 3.48. The lowest BCUT2D eigenvalue weighted by atomic mass is 9.99. The number of halogens is 1. The van der Waals surface area contributed by atoms with Crippen LogP contribution in [0.2, 0.25) is 0 Å². The lowest BCUT2D eigenvalue weighted by molar-refractivity contribution is 0.313. The first-order valence-corrected chi connectivity index (χ1v) is 7.45. The minimum absolute atomic E-state index is 0.153. The van der Waals surface area contributed by atoms with E-state index in [4.69, 9.17) is 4.74 Å². The van der Waals surface area contributed by atoms with Gasteiger partial charge in [-0.05, 0) is 31.4 Å². The van der Waals surface area contributed by atoms with E-state index in [1.807, 2.05) is 12.1 Å². The quantitative estimate of drug-likeness (QED) is 0.915. The zero-order valence-corrected chi connectivity index (χ0v) is 12.2. The average Bonchev–Trinajstić information content (AvgIpc) is 2.70. The Morgan fingerprint density at radius 1 is 1.19 bits per heavy atom. The van der Waals surface area contributed by atoms with Gasteiger partial charge in [-0.15, -0.1) is 0 Å². The molecule has 0 fully saturated rings. The van der Waals surface area contributed by atoms with Gasteiger partial charge in [0.2, 0.25) is 0 Å². The summed E-state index contributed by atoms with van der Waals surface area (Å²) in [5.74, 6) is 0.834. The molecule has 0 aliphatic carbocycles. The zero-order valence-electron chi connectivity index (χ0n) is 12.2. The van der Waals surface area contributed by atoms with Gasteiger partial charge in [-0.1, -0.05) is 36.4 Å². The van der Waals surface area contributed by atoms with Crippen molar-refractivity contribution < 1.29 is 9.13 Å². The van der Waals surface area contributed by atoms with Gasteiger partial charge < -0.3 is 10.1 Å². The van der Waals surface area contributed by atoms with Gasteiger partial charge in [0.1, 0.15) is 11.6 Å². The molecule has 0 aromatic heterocycles. The van der Waals surface area contributed by atoms with Crippen molar-refractivity contribution in [3.05, 3.63) is 65.0 Å². The topological polar surface area (TPSA) is 21.3 Å². The van der Waals surface area contributed by atoms with Crippen LogP contribution in [0.3, 0.4) is 0 Å². The van der Waals surface area contributed by atoms with Crippen LogP contribution in [0.15, 0.2) is 42.5 Å². The molecule has 3 heteroatoms. The van der Waals surface area contributed by atoms with E-state index < -0.39 is 0 Å². The molecule has 2 aromatic rings. The molecule has 1 heterocycles. The fourth-order valence-electron chi connectivity index (χ4n) is 2.85.